The Balaban J connectivity index is 1.84. The zero-order chi connectivity index (χ0) is 16.4. The zero-order valence-electron chi connectivity index (χ0n) is 13.2. The first-order chi connectivity index (χ1) is 11.2. The first-order valence-corrected chi connectivity index (χ1v) is 8.53. The van der Waals surface area contributed by atoms with Gasteiger partial charge in [0.2, 0.25) is 5.88 Å². The van der Waals surface area contributed by atoms with Crippen LogP contribution < -0.4 is 4.90 Å². The molecule has 5 nitrogen and oxygen atoms in total. The third kappa shape index (κ3) is 2.90. The highest BCUT2D eigenvalue weighted by Crippen LogP contribution is 2.38. The van der Waals surface area contributed by atoms with Crippen molar-refractivity contribution >= 4 is 23.5 Å². The summed E-state index contributed by atoms with van der Waals surface area (Å²) in [6.07, 6.45) is 8.80. The van der Waals surface area contributed by atoms with E-state index >= 15 is 0 Å². The molecule has 0 spiro atoms. The van der Waals surface area contributed by atoms with Crippen molar-refractivity contribution in [2.24, 2.45) is 0 Å². The third-order valence-electron chi connectivity index (χ3n) is 4.68. The van der Waals surface area contributed by atoms with Crippen molar-refractivity contribution in [3.63, 3.8) is 0 Å². The molecule has 0 bridgehead atoms. The summed E-state index contributed by atoms with van der Waals surface area (Å²) in [5.74, 6) is 0.866. The molecule has 1 aliphatic carbocycles. The summed E-state index contributed by atoms with van der Waals surface area (Å²) in [5.41, 5.74) is 0.418. The zero-order valence-corrected chi connectivity index (χ0v) is 13.9. The highest BCUT2D eigenvalue weighted by Gasteiger charge is 2.46. The molecule has 1 aromatic rings. The van der Waals surface area contributed by atoms with Crippen LogP contribution in [0.25, 0.3) is 0 Å². The van der Waals surface area contributed by atoms with Gasteiger partial charge >= 0.3 is 6.03 Å². The van der Waals surface area contributed by atoms with Crippen LogP contribution in [0, 0.1) is 0 Å². The van der Waals surface area contributed by atoms with E-state index < -0.39 is 5.50 Å². The molecule has 3 rings (SSSR count). The van der Waals surface area contributed by atoms with E-state index in [0.29, 0.717) is 24.8 Å². The predicted molar refractivity (Wildman–Crippen MR) is 90.7 cm³/mol. The largest absolute Gasteiger partial charge is 0.338 e. The summed E-state index contributed by atoms with van der Waals surface area (Å²) in [7, 11) is 0. The van der Waals surface area contributed by atoms with Gasteiger partial charge in [-0.25, -0.2) is 9.69 Å². The van der Waals surface area contributed by atoms with Crippen LogP contribution in [0.3, 0.4) is 0 Å². The van der Waals surface area contributed by atoms with E-state index in [1.54, 1.807) is 17.1 Å². The standard InChI is InChI=1S/C17H22ClN3O2/c1-3-7-14-16(18)21(17(22)20(14)10-4-2)15-11-13(19-23-15)12-8-5-6-9-12/h3-4,11-12,14,16H,1-2,5-10H2. The van der Waals surface area contributed by atoms with Crippen LogP contribution in [0.1, 0.15) is 43.7 Å². The van der Waals surface area contributed by atoms with E-state index in [1.807, 2.05) is 6.07 Å². The molecule has 0 radical (unpaired) electrons. The second kappa shape index (κ2) is 6.79. The van der Waals surface area contributed by atoms with Gasteiger partial charge in [0.05, 0.1) is 11.7 Å². The Morgan fingerprint density at radius 2 is 2.09 bits per heavy atom. The Morgan fingerprint density at radius 3 is 2.74 bits per heavy atom. The fraction of sp³-hybridized carbons (Fsp3) is 0.529. The van der Waals surface area contributed by atoms with Crippen molar-refractivity contribution in [1.29, 1.82) is 0 Å². The summed E-state index contributed by atoms with van der Waals surface area (Å²) in [4.78, 5) is 15.9. The van der Waals surface area contributed by atoms with E-state index in [4.69, 9.17) is 16.1 Å². The van der Waals surface area contributed by atoms with Crippen LogP contribution in [-0.4, -0.2) is 34.2 Å². The number of hydrogen-bond acceptors (Lipinski definition) is 3. The summed E-state index contributed by atoms with van der Waals surface area (Å²) >= 11 is 6.55. The molecule has 2 aliphatic rings. The van der Waals surface area contributed by atoms with Crippen LogP contribution in [-0.2, 0) is 0 Å². The molecule has 1 saturated heterocycles. The lowest BCUT2D eigenvalue weighted by Crippen LogP contribution is -2.35. The molecule has 23 heavy (non-hydrogen) atoms. The maximum atomic E-state index is 12.7. The number of nitrogens with zero attached hydrogens (tertiary/aromatic N) is 3. The van der Waals surface area contributed by atoms with Crippen molar-refractivity contribution in [1.82, 2.24) is 10.1 Å². The molecule has 1 saturated carbocycles. The van der Waals surface area contributed by atoms with Crippen molar-refractivity contribution in [3.8, 4) is 0 Å². The molecular weight excluding hydrogens is 314 g/mol. The van der Waals surface area contributed by atoms with Crippen molar-refractivity contribution < 1.29 is 9.32 Å². The Hall–Kier alpha value is -1.75. The van der Waals surface area contributed by atoms with Crippen LogP contribution in [0.5, 0.6) is 0 Å². The second-order valence-electron chi connectivity index (χ2n) is 6.13. The monoisotopic (exact) mass is 335 g/mol. The van der Waals surface area contributed by atoms with Gasteiger partial charge in [0.15, 0.2) is 0 Å². The Bertz CT molecular complexity index is 594. The number of anilines is 1. The predicted octanol–water partition coefficient (Wildman–Crippen LogP) is 4.27. The molecule has 2 unspecified atom stereocenters. The van der Waals surface area contributed by atoms with E-state index in [2.05, 4.69) is 18.3 Å². The van der Waals surface area contributed by atoms with E-state index in [0.717, 1.165) is 18.5 Å². The van der Waals surface area contributed by atoms with Gasteiger partial charge in [0.25, 0.3) is 0 Å². The number of carbonyl (C=O) groups excluding carboxylic acids is 1. The highest BCUT2D eigenvalue weighted by atomic mass is 35.5. The topological polar surface area (TPSA) is 49.6 Å². The van der Waals surface area contributed by atoms with Crippen LogP contribution in [0.4, 0.5) is 10.7 Å². The van der Waals surface area contributed by atoms with Crippen LogP contribution in [0.2, 0.25) is 0 Å². The average molecular weight is 336 g/mol. The number of halogens is 1. The van der Waals surface area contributed by atoms with Gasteiger partial charge in [-0.3, -0.25) is 0 Å². The highest BCUT2D eigenvalue weighted by molar-refractivity contribution is 6.26. The third-order valence-corrected chi connectivity index (χ3v) is 5.16. The molecule has 0 aromatic carbocycles. The molecule has 1 aromatic heterocycles. The second-order valence-corrected chi connectivity index (χ2v) is 6.58. The normalized spacial score (nSPS) is 25.3. The number of rotatable bonds is 6. The first kappa shape index (κ1) is 16.1. The lowest BCUT2D eigenvalue weighted by atomic mass is 10.0. The number of aromatic nitrogens is 1. The van der Waals surface area contributed by atoms with Gasteiger partial charge < -0.3 is 9.42 Å². The molecule has 0 N–H and O–H groups in total. The van der Waals surface area contributed by atoms with Crippen molar-refractivity contribution in [2.45, 2.75) is 49.6 Å². The lowest BCUT2D eigenvalue weighted by molar-refractivity contribution is 0.211. The van der Waals surface area contributed by atoms with E-state index in [9.17, 15) is 4.79 Å². The first-order valence-electron chi connectivity index (χ1n) is 8.09. The quantitative estimate of drug-likeness (QED) is 0.443. The van der Waals surface area contributed by atoms with Gasteiger partial charge in [0, 0.05) is 18.5 Å². The maximum absolute atomic E-state index is 12.7. The Kier molecular flexibility index (Phi) is 4.76. The SMILES string of the molecule is C=CCC1C(Cl)N(c2cc(C3CCCC3)no2)C(=O)N1CC=C. The average Bonchev–Trinajstić information content (AvgIpc) is 3.24. The number of alkyl halides is 1. The summed E-state index contributed by atoms with van der Waals surface area (Å²) in [6, 6.07) is 1.54. The smallest absolute Gasteiger partial charge is 0.328 e. The molecule has 2 amide bonds. The molecule has 2 fully saturated rings. The minimum absolute atomic E-state index is 0.153. The molecule has 2 heterocycles. The Morgan fingerprint density at radius 1 is 1.35 bits per heavy atom. The van der Waals surface area contributed by atoms with Gasteiger partial charge in [-0.1, -0.05) is 41.8 Å². The summed E-state index contributed by atoms with van der Waals surface area (Å²) in [5, 5.41) is 4.17. The minimum atomic E-state index is -0.509. The fourth-order valence-corrected chi connectivity index (χ4v) is 3.91. The molecule has 1 aliphatic heterocycles. The van der Waals surface area contributed by atoms with Crippen molar-refractivity contribution in [2.75, 3.05) is 11.4 Å². The lowest BCUT2D eigenvalue weighted by Gasteiger charge is -2.21. The molecule has 124 valence electrons. The molecule has 6 heteroatoms. The van der Waals surface area contributed by atoms with Gasteiger partial charge in [0.1, 0.15) is 5.50 Å². The Labute approximate surface area is 141 Å². The maximum Gasteiger partial charge on any atom is 0.328 e. The van der Waals surface area contributed by atoms with Gasteiger partial charge in [-0.2, -0.15) is 0 Å². The summed E-state index contributed by atoms with van der Waals surface area (Å²) < 4.78 is 5.45. The van der Waals surface area contributed by atoms with Crippen LogP contribution in [0.15, 0.2) is 35.9 Å². The fourth-order valence-electron chi connectivity index (χ4n) is 3.49. The van der Waals surface area contributed by atoms with Crippen LogP contribution >= 0.6 is 11.6 Å². The van der Waals surface area contributed by atoms with Gasteiger partial charge in [-0.15, -0.1) is 13.2 Å². The minimum Gasteiger partial charge on any atom is -0.338 e. The van der Waals surface area contributed by atoms with Gasteiger partial charge in [-0.05, 0) is 19.3 Å². The molecule has 2 atom stereocenters. The number of amides is 2. The van der Waals surface area contributed by atoms with Crippen molar-refractivity contribution in [3.05, 3.63) is 37.1 Å². The summed E-state index contributed by atoms with van der Waals surface area (Å²) in [6.45, 7) is 7.92. The van der Waals surface area contributed by atoms with E-state index in [1.165, 1.54) is 17.7 Å². The molecular formula is C17H22ClN3O2. The van der Waals surface area contributed by atoms with E-state index in [-0.39, 0.29) is 12.1 Å². The number of hydrogen-bond donors (Lipinski definition) is 0. The number of carbonyl (C=O) groups is 1. The number of urea groups is 1.